The minimum atomic E-state index is -0.424. The van der Waals surface area contributed by atoms with Crippen LogP contribution in [0.2, 0.25) is 0 Å². The van der Waals surface area contributed by atoms with Crippen molar-refractivity contribution in [2.75, 3.05) is 26.2 Å². The molecule has 0 bridgehead atoms. The highest BCUT2D eigenvalue weighted by molar-refractivity contribution is 5.93. The first-order valence-corrected chi connectivity index (χ1v) is 8.76. The molecule has 24 heavy (non-hydrogen) atoms. The molecule has 3 rings (SSSR count). The van der Waals surface area contributed by atoms with Gasteiger partial charge in [0.2, 0.25) is 6.10 Å². The van der Waals surface area contributed by atoms with E-state index in [1.807, 2.05) is 17.2 Å². The van der Waals surface area contributed by atoms with Crippen LogP contribution in [0.1, 0.15) is 32.3 Å². The number of nitrogens with zero attached hydrogens (tertiary/aromatic N) is 4. The lowest BCUT2D eigenvalue weighted by molar-refractivity contribution is -0.141. The molecule has 0 N–H and O–H groups in total. The van der Waals surface area contributed by atoms with Crippen LogP contribution in [0.5, 0.6) is 0 Å². The van der Waals surface area contributed by atoms with E-state index in [-0.39, 0.29) is 5.91 Å². The van der Waals surface area contributed by atoms with Gasteiger partial charge in [0.05, 0.1) is 5.71 Å². The molecule has 1 unspecified atom stereocenters. The van der Waals surface area contributed by atoms with Crippen molar-refractivity contribution in [3.8, 4) is 0 Å². The number of amides is 1. The first kappa shape index (κ1) is 16.9. The quantitative estimate of drug-likeness (QED) is 0.846. The number of carbonyl (C=O) groups excluding carboxylic acids is 1. The number of hydrogen-bond donors (Lipinski definition) is 0. The molecule has 1 saturated heterocycles. The fourth-order valence-corrected chi connectivity index (χ4v) is 3.17. The van der Waals surface area contributed by atoms with Gasteiger partial charge < -0.3 is 9.74 Å². The summed E-state index contributed by atoms with van der Waals surface area (Å²) in [5, 5.41) is 4.08. The van der Waals surface area contributed by atoms with Crippen molar-refractivity contribution in [1.29, 1.82) is 0 Å². The maximum absolute atomic E-state index is 12.7. The van der Waals surface area contributed by atoms with Crippen molar-refractivity contribution in [2.24, 2.45) is 11.1 Å². The molecule has 2 aliphatic heterocycles. The van der Waals surface area contributed by atoms with Gasteiger partial charge in [-0.3, -0.25) is 14.7 Å². The zero-order valence-electron chi connectivity index (χ0n) is 14.5. The summed E-state index contributed by atoms with van der Waals surface area (Å²) in [5.74, 6) is 0.416. The molecule has 6 nitrogen and oxygen atoms in total. The molecule has 0 radical (unpaired) electrons. The average molecular weight is 330 g/mol. The van der Waals surface area contributed by atoms with Gasteiger partial charge in [-0.25, -0.2) is 0 Å². The highest BCUT2D eigenvalue weighted by atomic mass is 16.6. The molecule has 0 aromatic carbocycles. The summed E-state index contributed by atoms with van der Waals surface area (Å²) in [6, 6.07) is 4.06. The summed E-state index contributed by atoms with van der Waals surface area (Å²) in [4.78, 5) is 26.6. The van der Waals surface area contributed by atoms with Crippen LogP contribution in [0, 0.1) is 5.92 Å². The van der Waals surface area contributed by atoms with Crippen molar-refractivity contribution in [1.82, 2.24) is 14.8 Å². The van der Waals surface area contributed by atoms with Crippen LogP contribution in [0.3, 0.4) is 0 Å². The van der Waals surface area contributed by atoms with Crippen LogP contribution in [-0.4, -0.2) is 58.7 Å². The number of rotatable bonds is 4. The maximum atomic E-state index is 12.7. The van der Waals surface area contributed by atoms with Gasteiger partial charge >= 0.3 is 0 Å². The van der Waals surface area contributed by atoms with Gasteiger partial charge in [-0.1, -0.05) is 25.1 Å². The average Bonchev–Trinajstić information content (AvgIpc) is 2.97. The first-order chi connectivity index (χ1) is 11.6. The number of aromatic nitrogens is 1. The van der Waals surface area contributed by atoms with Crippen LogP contribution in [-0.2, 0) is 16.2 Å². The van der Waals surface area contributed by atoms with E-state index in [9.17, 15) is 4.79 Å². The van der Waals surface area contributed by atoms with Gasteiger partial charge in [0, 0.05) is 51.5 Å². The highest BCUT2D eigenvalue weighted by Crippen LogP contribution is 2.19. The smallest absolute Gasteiger partial charge is 0.266 e. The summed E-state index contributed by atoms with van der Waals surface area (Å²) < 4.78 is 0. The van der Waals surface area contributed by atoms with Gasteiger partial charge in [-0.15, -0.1) is 0 Å². The molecule has 6 heteroatoms. The standard InChI is InChI=1S/C18H26N4O2/c1-14(2)16-11-17(24-20-16)18(23)22-8-4-7-21(9-10-22)13-15-5-3-6-19-12-15/h3,5-6,12,14,17H,4,7-11,13H2,1-2H3. The third-order valence-electron chi connectivity index (χ3n) is 4.66. The normalized spacial score (nSPS) is 22.2. The molecule has 1 atom stereocenters. The first-order valence-electron chi connectivity index (χ1n) is 8.76. The van der Waals surface area contributed by atoms with Crippen molar-refractivity contribution >= 4 is 11.6 Å². The summed E-state index contributed by atoms with van der Waals surface area (Å²) in [5.41, 5.74) is 2.20. The second-order valence-electron chi connectivity index (χ2n) is 6.85. The molecule has 1 aromatic rings. The Hall–Kier alpha value is -1.95. The summed E-state index contributed by atoms with van der Waals surface area (Å²) in [6.45, 7) is 8.46. The fourth-order valence-electron chi connectivity index (χ4n) is 3.17. The van der Waals surface area contributed by atoms with Crippen LogP contribution >= 0.6 is 0 Å². The minimum Gasteiger partial charge on any atom is -0.382 e. The Balaban J connectivity index is 1.51. The predicted octanol–water partition coefficient (Wildman–Crippen LogP) is 1.92. The van der Waals surface area contributed by atoms with E-state index in [0.29, 0.717) is 12.3 Å². The number of carbonyl (C=O) groups is 1. The SMILES string of the molecule is CC(C)C1=NOC(C(=O)N2CCCN(Cc3cccnc3)CC2)C1. The third kappa shape index (κ3) is 4.12. The van der Waals surface area contributed by atoms with Gasteiger partial charge in [0.1, 0.15) is 0 Å². The molecule has 0 saturated carbocycles. The molecule has 3 heterocycles. The Kier molecular flexibility index (Phi) is 5.45. The van der Waals surface area contributed by atoms with Crippen molar-refractivity contribution in [3.05, 3.63) is 30.1 Å². The van der Waals surface area contributed by atoms with Crippen LogP contribution in [0.4, 0.5) is 0 Å². The topological polar surface area (TPSA) is 58.0 Å². The molecule has 1 fully saturated rings. The number of pyridine rings is 1. The van der Waals surface area contributed by atoms with Crippen molar-refractivity contribution < 1.29 is 9.63 Å². The molecular formula is C18H26N4O2. The molecule has 2 aliphatic rings. The second-order valence-corrected chi connectivity index (χ2v) is 6.85. The molecule has 1 aromatic heterocycles. The zero-order valence-corrected chi connectivity index (χ0v) is 14.5. The number of hydrogen-bond acceptors (Lipinski definition) is 5. The highest BCUT2D eigenvalue weighted by Gasteiger charge is 2.33. The van der Waals surface area contributed by atoms with E-state index in [2.05, 4.69) is 35.0 Å². The van der Waals surface area contributed by atoms with Gasteiger partial charge in [0.25, 0.3) is 5.91 Å². The van der Waals surface area contributed by atoms with E-state index in [1.165, 1.54) is 5.56 Å². The molecule has 1 amide bonds. The minimum absolute atomic E-state index is 0.0811. The lowest BCUT2D eigenvalue weighted by atomic mass is 10.0. The Labute approximate surface area is 143 Å². The van der Waals surface area contributed by atoms with Crippen LogP contribution < -0.4 is 0 Å². The van der Waals surface area contributed by atoms with E-state index < -0.39 is 6.10 Å². The lowest BCUT2D eigenvalue weighted by Gasteiger charge is -2.23. The van der Waals surface area contributed by atoms with Crippen LogP contribution in [0.25, 0.3) is 0 Å². The Morgan fingerprint density at radius 1 is 1.33 bits per heavy atom. The summed E-state index contributed by atoms with van der Waals surface area (Å²) in [7, 11) is 0. The van der Waals surface area contributed by atoms with Crippen molar-refractivity contribution in [3.63, 3.8) is 0 Å². The lowest BCUT2D eigenvalue weighted by Crippen LogP contribution is -2.41. The molecule has 0 spiro atoms. The van der Waals surface area contributed by atoms with Gasteiger partial charge in [-0.05, 0) is 24.0 Å². The van der Waals surface area contributed by atoms with E-state index >= 15 is 0 Å². The van der Waals surface area contributed by atoms with E-state index in [1.54, 1.807) is 6.20 Å². The molecule has 130 valence electrons. The monoisotopic (exact) mass is 330 g/mol. The molecule has 0 aliphatic carbocycles. The number of oxime groups is 1. The Morgan fingerprint density at radius 2 is 2.21 bits per heavy atom. The Morgan fingerprint density at radius 3 is 2.92 bits per heavy atom. The maximum Gasteiger partial charge on any atom is 0.266 e. The van der Waals surface area contributed by atoms with Crippen LogP contribution in [0.15, 0.2) is 29.7 Å². The van der Waals surface area contributed by atoms with Gasteiger partial charge in [0.15, 0.2) is 0 Å². The summed E-state index contributed by atoms with van der Waals surface area (Å²) >= 11 is 0. The van der Waals surface area contributed by atoms with E-state index in [4.69, 9.17) is 4.84 Å². The predicted molar refractivity (Wildman–Crippen MR) is 92.5 cm³/mol. The zero-order chi connectivity index (χ0) is 16.9. The largest absolute Gasteiger partial charge is 0.382 e. The fraction of sp³-hybridized carbons (Fsp3) is 0.611. The second kappa shape index (κ2) is 7.75. The third-order valence-corrected chi connectivity index (χ3v) is 4.66. The van der Waals surface area contributed by atoms with Crippen molar-refractivity contribution in [2.45, 2.75) is 39.3 Å². The Bertz CT molecular complexity index is 588. The summed E-state index contributed by atoms with van der Waals surface area (Å²) in [6.07, 6.45) is 4.89. The molecular weight excluding hydrogens is 304 g/mol. The van der Waals surface area contributed by atoms with E-state index in [0.717, 1.165) is 44.9 Å². The van der Waals surface area contributed by atoms with Gasteiger partial charge in [-0.2, -0.15) is 0 Å².